The molecule has 0 saturated heterocycles. The molecule has 22 heavy (non-hydrogen) atoms. The lowest BCUT2D eigenvalue weighted by molar-refractivity contribution is 0.414. The summed E-state index contributed by atoms with van der Waals surface area (Å²) in [4.78, 5) is 0. The molecule has 3 rings (SSSR count). The number of hydrogen-bond donors (Lipinski definition) is 0. The van der Waals surface area contributed by atoms with Gasteiger partial charge in [-0.3, -0.25) is 0 Å². The summed E-state index contributed by atoms with van der Waals surface area (Å²) in [6.45, 7) is 0. The Morgan fingerprint density at radius 2 is 1.05 bits per heavy atom. The predicted octanol–water partition coefficient (Wildman–Crippen LogP) is 4.12. The summed E-state index contributed by atoms with van der Waals surface area (Å²) >= 11 is 0. The van der Waals surface area contributed by atoms with Crippen LogP contribution < -0.4 is 19.9 Å². The summed E-state index contributed by atoms with van der Waals surface area (Å²) in [6.07, 6.45) is 0. The summed E-state index contributed by atoms with van der Waals surface area (Å²) in [7, 11) is 0.782. The first-order valence-electron chi connectivity index (χ1n) is 7.09. The zero-order valence-electron chi connectivity index (χ0n) is 12.3. The van der Waals surface area contributed by atoms with Gasteiger partial charge in [-0.05, 0) is 24.3 Å². The Balaban J connectivity index is 1.91. The minimum absolute atomic E-state index is 0.830. The van der Waals surface area contributed by atoms with Crippen molar-refractivity contribution in [1.29, 1.82) is 0 Å². The summed E-state index contributed by atoms with van der Waals surface area (Å²) < 4.78 is 11.5. The fraction of sp³-hybridized carbons (Fsp3) is 0.0526. The van der Waals surface area contributed by atoms with Gasteiger partial charge in [0.15, 0.2) is 8.15 Å². The van der Waals surface area contributed by atoms with Crippen LogP contribution in [0.25, 0.3) is 0 Å². The maximum Gasteiger partial charge on any atom is 0.150 e. The van der Waals surface area contributed by atoms with E-state index in [1.165, 1.54) is 10.6 Å². The van der Waals surface area contributed by atoms with Gasteiger partial charge in [-0.2, -0.15) is 0 Å². The molecule has 2 nitrogen and oxygen atoms in total. The maximum absolute atomic E-state index is 6.30. The first-order chi connectivity index (χ1) is 10.9. The molecule has 3 heteroatoms. The average Bonchev–Trinajstić information content (AvgIpc) is 2.62. The van der Waals surface area contributed by atoms with Crippen molar-refractivity contribution in [3.63, 3.8) is 0 Å². The van der Waals surface area contributed by atoms with Gasteiger partial charge in [0.05, 0.1) is 7.11 Å². The molecule has 0 aromatic heterocycles. The highest BCUT2D eigenvalue weighted by Crippen LogP contribution is 2.36. The minimum atomic E-state index is -0.882. The van der Waals surface area contributed by atoms with Crippen LogP contribution in [0, 0.1) is 0 Å². The highest BCUT2D eigenvalue weighted by atomic mass is 31.1. The number of methoxy groups -OCH3 is 1. The third-order valence-corrected chi connectivity index (χ3v) is 5.17. The summed E-state index contributed by atoms with van der Waals surface area (Å²) in [6, 6.07) is 28.4. The molecule has 0 aliphatic rings. The van der Waals surface area contributed by atoms with Gasteiger partial charge in [-0.1, -0.05) is 60.7 Å². The van der Waals surface area contributed by atoms with Crippen LogP contribution in [-0.2, 0) is 0 Å². The number of hydrogen-bond acceptors (Lipinski definition) is 2. The molecule has 0 amide bonds. The molecular weight excluding hydrogens is 291 g/mol. The van der Waals surface area contributed by atoms with Crippen LogP contribution in [0.3, 0.4) is 0 Å². The van der Waals surface area contributed by atoms with E-state index >= 15 is 0 Å². The smallest absolute Gasteiger partial charge is 0.150 e. The van der Waals surface area contributed by atoms with Crippen LogP contribution in [-0.4, -0.2) is 7.11 Å². The zero-order chi connectivity index (χ0) is 15.2. The Kier molecular flexibility index (Phi) is 4.72. The van der Waals surface area contributed by atoms with Crippen molar-refractivity contribution in [1.82, 2.24) is 0 Å². The van der Waals surface area contributed by atoms with E-state index in [0.29, 0.717) is 0 Å². The van der Waals surface area contributed by atoms with Gasteiger partial charge in [0.1, 0.15) is 11.5 Å². The molecule has 0 saturated carbocycles. The van der Waals surface area contributed by atoms with Crippen molar-refractivity contribution in [3.05, 3.63) is 84.9 Å². The van der Waals surface area contributed by atoms with Crippen molar-refractivity contribution in [2.75, 3.05) is 7.11 Å². The standard InChI is InChI=1S/C19H17O2P/c1-20-16-12-14-17(15-13-16)21-22(18-8-4-2-5-9-18)19-10-6-3-7-11-19/h2-15H,1H3. The third kappa shape index (κ3) is 3.47. The quantitative estimate of drug-likeness (QED) is 0.660. The molecule has 0 atom stereocenters. The predicted molar refractivity (Wildman–Crippen MR) is 92.7 cm³/mol. The highest BCUT2D eigenvalue weighted by Gasteiger charge is 2.16. The molecule has 0 radical (unpaired) electrons. The van der Waals surface area contributed by atoms with Crippen LogP contribution >= 0.6 is 8.15 Å². The Hall–Kier alpha value is -2.31. The Morgan fingerprint density at radius 1 is 0.591 bits per heavy atom. The molecule has 110 valence electrons. The molecule has 0 spiro atoms. The second-order valence-corrected chi connectivity index (χ2v) is 6.54. The van der Waals surface area contributed by atoms with Gasteiger partial charge in [0, 0.05) is 10.6 Å². The van der Waals surface area contributed by atoms with Gasteiger partial charge in [0.2, 0.25) is 0 Å². The van der Waals surface area contributed by atoms with Gasteiger partial charge < -0.3 is 9.26 Å². The number of ether oxygens (including phenoxy) is 1. The molecule has 0 heterocycles. The number of benzene rings is 3. The second kappa shape index (κ2) is 7.11. The van der Waals surface area contributed by atoms with E-state index in [2.05, 4.69) is 24.3 Å². The lowest BCUT2D eigenvalue weighted by Gasteiger charge is -2.19. The van der Waals surface area contributed by atoms with E-state index in [1.807, 2.05) is 60.7 Å². The first-order valence-corrected chi connectivity index (χ1v) is 8.35. The summed E-state index contributed by atoms with van der Waals surface area (Å²) in [5.74, 6) is 1.68. The molecular formula is C19H17O2P. The molecule has 0 unspecified atom stereocenters. The molecule has 3 aromatic rings. The van der Waals surface area contributed by atoms with Crippen LogP contribution in [0.15, 0.2) is 84.9 Å². The molecule has 0 N–H and O–H groups in total. The Labute approximate surface area is 132 Å². The van der Waals surface area contributed by atoms with Gasteiger partial charge in [-0.15, -0.1) is 0 Å². The molecule has 0 aliphatic heterocycles. The minimum Gasteiger partial charge on any atom is -0.497 e. The molecule has 0 fully saturated rings. The van der Waals surface area contributed by atoms with E-state index in [-0.39, 0.29) is 0 Å². The lowest BCUT2D eigenvalue weighted by atomic mass is 10.3. The Morgan fingerprint density at radius 3 is 1.50 bits per heavy atom. The van der Waals surface area contributed by atoms with E-state index in [1.54, 1.807) is 7.11 Å². The largest absolute Gasteiger partial charge is 0.497 e. The van der Waals surface area contributed by atoms with Crippen molar-refractivity contribution in [2.24, 2.45) is 0 Å². The van der Waals surface area contributed by atoms with Crippen molar-refractivity contribution >= 4 is 18.8 Å². The van der Waals surface area contributed by atoms with Gasteiger partial charge >= 0.3 is 0 Å². The highest BCUT2D eigenvalue weighted by molar-refractivity contribution is 7.68. The van der Waals surface area contributed by atoms with Crippen molar-refractivity contribution in [3.8, 4) is 11.5 Å². The van der Waals surface area contributed by atoms with Crippen LogP contribution in [0.4, 0.5) is 0 Å². The van der Waals surface area contributed by atoms with E-state index < -0.39 is 8.15 Å². The van der Waals surface area contributed by atoms with Gasteiger partial charge in [0.25, 0.3) is 0 Å². The van der Waals surface area contributed by atoms with E-state index in [4.69, 9.17) is 9.26 Å². The second-order valence-electron chi connectivity index (χ2n) is 4.73. The van der Waals surface area contributed by atoms with Crippen molar-refractivity contribution in [2.45, 2.75) is 0 Å². The fourth-order valence-corrected chi connectivity index (χ4v) is 3.85. The summed E-state index contributed by atoms with van der Waals surface area (Å²) in [5.41, 5.74) is 0. The molecule has 0 aliphatic carbocycles. The third-order valence-electron chi connectivity index (χ3n) is 3.24. The summed E-state index contributed by atoms with van der Waals surface area (Å²) in [5, 5.41) is 2.39. The van der Waals surface area contributed by atoms with Crippen LogP contribution in [0.2, 0.25) is 0 Å². The van der Waals surface area contributed by atoms with Crippen LogP contribution in [0.1, 0.15) is 0 Å². The first kappa shape index (κ1) is 14.6. The van der Waals surface area contributed by atoms with Crippen molar-refractivity contribution < 1.29 is 9.26 Å². The normalized spacial score (nSPS) is 10.5. The van der Waals surface area contributed by atoms with E-state index in [0.717, 1.165) is 11.5 Å². The Bertz CT molecular complexity index is 657. The SMILES string of the molecule is COc1ccc(OP(c2ccccc2)c2ccccc2)cc1. The number of rotatable bonds is 5. The zero-order valence-corrected chi connectivity index (χ0v) is 13.2. The monoisotopic (exact) mass is 308 g/mol. The van der Waals surface area contributed by atoms with E-state index in [9.17, 15) is 0 Å². The topological polar surface area (TPSA) is 18.5 Å². The lowest BCUT2D eigenvalue weighted by Crippen LogP contribution is -2.15. The molecule has 3 aromatic carbocycles. The fourth-order valence-electron chi connectivity index (χ4n) is 2.12. The maximum atomic E-state index is 6.30. The average molecular weight is 308 g/mol. The molecule has 0 bridgehead atoms. The van der Waals surface area contributed by atoms with Crippen LogP contribution in [0.5, 0.6) is 11.5 Å². The van der Waals surface area contributed by atoms with Gasteiger partial charge in [-0.25, -0.2) is 0 Å².